The fraction of sp³-hybridized carbons (Fsp3) is 0.167. The summed E-state index contributed by atoms with van der Waals surface area (Å²) in [7, 11) is 0. The summed E-state index contributed by atoms with van der Waals surface area (Å²) in [6.45, 7) is 4.84. The molecule has 0 spiro atoms. The first-order chi connectivity index (χ1) is 15.0. The van der Waals surface area contributed by atoms with Crippen LogP contribution >= 0.6 is 0 Å². The molecule has 1 aromatic carbocycles. The van der Waals surface area contributed by atoms with Crippen molar-refractivity contribution < 1.29 is 4.79 Å². The lowest BCUT2D eigenvalue weighted by molar-refractivity contribution is 0.0950. The molecule has 0 aliphatic carbocycles. The fourth-order valence-electron chi connectivity index (χ4n) is 3.53. The molecule has 7 nitrogen and oxygen atoms in total. The molecule has 3 N–H and O–H groups in total. The van der Waals surface area contributed by atoms with Crippen molar-refractivity contribution >= 4 is 11.7 Å². The lowest BCUT2D eigenvalue weighted by Crippen LogP contribution is -2.23. The molecule has 0 aliphatic heterocycles. The third-order valence-corrected chi connectivity index (χ3v) is 5.21. The van der Waals surface area contributed by atoms with Crippen LogP contribution in [0.15, 0.2) is 67.3 Å². The Hall–Kier alpha value is -4.00. The second-order valence-corrected chi connectivity index (χ2v) is 7.47. The van der Waals surface area contributed by atoms with Crippen LogP contribution in [0.1, 0.15) is 32.7 Å². The monoisotopic (exact) mass is 412 g/mol. The second-order valence-electron chi connectivity index (χ2n) is 7.47. The molecular formula is C24H24N6O. The molecule has 0 radical (unpaired) electrons. The Morgan fingerprint density at radius 3 is 2.48 bits per heavy atom. The quantitative estimate of drug-likeness (QED) is 0.505. The molecule has 3 aromatic heterocycles. The van der Waals surface area contributed by atoms with E-state index in [-0.39, 0.29) is 5.91 Å². The van der Waals surface area contributed by atoms with E-state index in [0.29, 0.717) is 24.5 Å². The Morgan fingerprint density at radius 2 is 1.77 bits per heavy atom. The third-order valence-electron chi connectivity index (χ3n) is 5.21. The normalized spacial score (nSPS) is 10.8. The number of hydrogen-bond acceptors (Lipinski definition) is 5. The topological polar surface area (TPSA) is 98.7 Å². The Bertz CT molecular complexity index is 1180. The van der Waals surface area contributed by atoms with Gasteiger partial charge in [-0.1, -0.05) is 24.3 Å². The lowest BCUT2D eigenvalue weighted by atomic mass is 10.1. The molecule has 0 unspecified atom stereocenters. The van der Waals surface area contributed by atoms with E-state index in [1.54, 1.807) is 29.5 Å². The molecule has 0 atom stereocenters. The smallest absolute Gasteiger partial charge is 0.254 e. The van der Waals surface area contributed by atoms with Gasteiger partial charge >= 0.3 is 0 Å². The minimum Gasteiger partial charge on any atom is -0.384 e. The van der Waals surface area contributed by atoms with Gasteiger partial charge in [0, 0.05) is 30.8 Å². The summed E-state index contributed by atoms with van der Waals surface area (Å²) in [5.41, 5.74) is 12.5. The van der Waals surface area contributed by atoms with E-state index in [2.05, 4.69) is 44.6 Å². The number of aryl methyl sites for hydroxylation is 2. The van der Waals surface area contributed by atoms with Gasteiger partial charge in [-0.2, -0.15) is 5.10 Å². The van der Waals surface area contributed by atoms with Gasteiger partial charge in [-0.05, 0) is 59.9 Å². The molecule has 7 heteroatoms. The van der Waals surface area contributed by atoms with Gasteiger partial charge in [0.05, 0.1) is 18.3 Å². The minimum absolute atomic E-state index is 0.171. The molecule has 4 aromatic rings. The first kappa shape index (κ1) is 20.3. The molecule has 156 valence electrons. The average Bonchev–Trinajstić information content (AvgIpc) is 3.22. The van der Waals surface area contributed by atoms with Crippen LogP contribution in [0.4, 0.5) is 5.82 Å². The second kappa shape index (κ2) is 8.79. The third kappa shape index (κ3) is 4.78. The number of amides is 1. The van der Waals surface area contributed by atoms with Crippen molar-refractivity contribution in [3.05, 3.63) is 95.2 Å². The highest BCUT2D eigenvalue weighted by Crippen LogP contribution is 2.19. The van der Waals surface area contributed by atoms with Gasteiger partial charge in [-0.15, -0.1) is 0 Å². The Kier molecular flexibility index (Phi) is 5.75. The number of carbonyl (C=O) groups excluding carboxylic acids is 1. The average molecular weight is 412 g/mol. The van der Waals surface area contributed by atoms with Crippen LogP contribution in [0.5, 0.6) is 0 Å². The van der Waals surface area contributed by atoms with Crippen molar-refractivity contribution in [2.45, 2.75) is 26.9 Å². The van der Waals surface area contributed by atoms with Crippen LogP contribution in [-0.2, 0) is 13.1 Å². The van der Waals surface area contributed by atoms with Crippen molar-refractivity contribution in [1.82, 2.24) is 25.1 Å². The van der Waals surface area contributed by atoms with E-state index in [1.807, 2.05) is 32.0 Å². The van der Waals surface area contributed by atoms with E-state index in [9.17, 15) is 4.79 Å². The number of aromatic nitrogens is 4. The van der Waals surface area contributed by atoms with Crippen LogP contribution < -0.4 is 11.1 Å². The molecule has 1 amide bonds. The van der Waals surface area contributed by atoms with E-state index in [1.165, 1.54) is 0 Å². The van der Waals surface area contributed by atoms with Gasteiger partial charge in [0.15, 0.2) is 0 Å². The summed E-state index contributed by atoms with van der Waals surface area (Å²) in [4.78, 5) is 20.9. The van der Waals surface area contributed by atoms with Crippen molar-refractivity contribution in [2.24, 2.45) is 0 Å². The zero-order valence-corrected chi connectivity index (χ0v) is 17.5. The summed E-state index contributed by atoms with van der Waals surface area (Å²) in [6, 6.07) is 14.1. The number of hydrogen-bond donors (Lipinski definition) is 2. The van der Waals surface area contributed by atoms with Crippen molar-refractivity contribution in [2.75, 3.05) is 5.73 Å². The van der Waals surface area contributed by atoms with Gasteiger partial charge < -0.3 is 11.1 Å². The molecule has 4 rings (SSSR count). The maximum Gasteiger partial charge on any atom is 0.254 e. The highest BCUT2D eigenvalue weighted by atomic mass is 16.1. The summed E-state index contributed by atoms with van der Waals surface area (Å²) in [5, 5.41) is 7.27. The van der Waals surface area contributed by atoms with Gasteiger partial charge in [0.25, 0.3) is 5.91 Å². The predicted octanol–water partition coefficient (Wildman–Crippen LogP) is 3.52. The lowest BCUT2D eigenvalue weighted by Gasteiger charge is -2.11. The standard InChI is InChI=1S/C24H24N6O/c1-16-11-23(25)29-17(2)22(16)13-27-24(31)21-12-28-30(15-21)14-18-3-5-19(6-4-18)20-7-9-26-10-8-20/h3-12,15H,13-14H2,1-2H3,(H2,25,29)(H,27,31). The van der Waals surface area contributed by atoms with Crippen LogP contribution in [0.25, 0.3) is 11.1 Å². The van der Waals surface area contributed by atoms with Crippen LogP contribution in [0.3, 0.4) is 0 Å². The number of nitrogens with zero attached hydrogens (tertiary/aromatic N) is 4. The van der Waals surface area contributed by atoms with Gasteiger partial charge in [-0.3, -0.25) is 14.5 Å². The number of benzene rings is 1. The molecule has 0 bridgehead atoms. The summed E-state index contributed by atoms with van der Waals surface area (Å²) in [6.07, 6.45) is 6.91. The molecule has 0 aliphatic rings. The van der Waals surface area contributed by atoms with Crippen LogP contribution in [0, 0.1) is 13.8 Å². The molecular weight excluding hydrogens is 388 g/mol. The zero-order chi connectivity index (χ0) is 21.8. The Morgan fingerprint density at radius 1 is 1.06 bits per heavy atom. The number of nitrogen functional groups attached to an aromatic ring is 1. The van der Waals surface area contributed by atoms with E-state index in [0.717, 1.165) is 33.5 Å². The predicted molar refractivity (Wildman–Crippen MR) is 120 cm³/mol. The first-order valence-corrected chi connectivity index (χ1v) is 10.0. The van der Waals surface area contributed by atoms with E-state index >= 15 is 0 Å². The highest BCUT2D eigenvalue weighted by molar-refractivity contribution is 5.93. The van der Waals surface area contributed by atoms with Gasteiger partial charge in [-0.25, -0.2) is 4.98 Å². The molecule has 0 saturated carbocycles. The molecule has 0 fully saturated rings. The molecule has 31 heavy (non-hydrogen) atoms. The maximum atomic E-state index is 12.6. The first-order valence-electron chi connectivity index (χ1n) is 10.0. The zero-order valence-electron chi connectivity index (χ0n) is 17.5. The summed E-state index contributed by atoms with van der Waals surface area (Å²) >= 11 is 0. The van der Waals surface area contributed by atoms with E-state index < -0.39 is 0 Å². The van der Waals surface area contributed by atoms with Gasteiger partial charge in [0.2, 0.25) is 0 Å². The molecule has 0 saturated heterocycles. The highest BCUT2D eigenvalue weighted by Gasteiger charge is 2.11. The Balaban J connectivity index is 1.38. The van der Waals surface area contributed by atoms with Crippen LogP contribution in [0.2, 0.25) is 0 Å². The summed E-state index contributed by atoms with van der Waals surface area (Å²) < 4.78 is 1.76. The number of anilines is 1. The minimum atomic E-state index is -0.171. The number of nitrogens with two attached hydrogens (primary N) is 1. The number of nitrogens with one attached hydrogen (secondary N) is 1. The van der Waals surface area contributed by atoms with Crippen LogP contribution in [-0.4, -0.2) is 25.7 Å². The Labute approximate surface area is 181 Å². The maximum absolute atomic E-state index is 12.6. The van der Waals surface area contributed by atoms with Gasteiger partial charge in [0.1, 0.15) is 5.82 Å². The number of carbonyl (C=O) groups is 1. The fourth-order valence-corrected chi connectivity index (χ4v) is 3.53. The summed E-state index contributed by atoms with van der Waals surface area (Å²) in [5.74, 6) is 0.315. The molecule has 3 heterocycles. The SMILES string of the molecule is Cc1cc(N)nc(C)c1CNC(=O)c1cnn(Cc2ccc(-c3ccncc3)cc2)c1. The number of rotatable bonds is 6. The van der Waals surface area contributed by atoms with Crippen molar-refractivity contribution in [3.8, 4) is 11.1 Å². The van der Waals surface area contributed by atoms with E-state index in [4.69, 9.17) is 5.73 Å². The van der Waals surface area contributed by atoms with Crippen molar-refractivity contribution in [1.29, 1.82) is 0 Å². The largest absolute Gasteiger partial charge is 0.384 e. The van der Waals surface area contributed by atoms with Crippen molar-refractivity contribution in [3.63, 3.8) is 0 Å². The number of pyridine rings is 2.